The van der Waals surface area contributed by atoms with E-state index in [-0.39, 0.29) is 17.3 Å². The Bertz CT molecular complexity index is 571. The summed E-state index contributed by atoms with van der Waals surface area (Å²) in [6.07, 6.45) is 5.65. The number of aldehydes is 1. The average Bonchev–Trinajstić information content (AvgIpc) is 2.76. The Morgan fingerprint density at radius 1 is 1.37 bits per heavy atom. The van der Waals surface area contributed by atoms with E-state index in [2.05, 4.69) is 11.7 Å². The number of hydrogen-bond acceptors (Lipinski definition) is 1. The molecule has 1 aliphatic carbocycles. The van der Waals surface area contributed by atoms with Crippen LogP contribution in [-0.4, -0.2) is 17.6 Å². The predicted octanol–water partition coefficient (Wildman–Crippen LogP) is 2.87. The fourth-order valence-corrected chi connectivity index (χ4v) is 2.99. The Kier molecular flexibility index (Phi) is 2.86. The maximum absolute atomic E-state index is 13.0. The molecular formula is C16H16FO2+. The normalized spacial score (nSPS) is 29.5. The van der Waals surface area contributed by atoms with Gasteiger partial charge in [-0.1, -0.05) is 6.08 Å². The van der Waals surface area contributed by atoms with Crippen LogP contribution in [0.3, 0.4) is 0 Å². The Hall–Kier alpha value is -1.74. The number of allylic oxidation sites excluding steroid dienone is 3. The smallest absolute Gasteiger partial charge is 0.191 e. The number of carbonyl (C=O) groups excluding carboxylic acids is 1. The Morgan fingerprint density at radius 2 is 2.11 bits per heavy atom. The summed E-state index contributed by atoms with van der Waals surface area (Å²) >= 11 is 0. The maximum atomic E-state index is 13.0. The summed E-state index contributed by atoms with van der Waals surface area (Å²) in [5.74, 6) is -0.227. The second-order valence-corrected chi connectivity index (χ2v) is 5.41. The van der Waals surface area contributed by atoms with E-state index in [9.17, 15) is 9.18 Å². The van der Waals surface area contributed by atoms with Crippen molar-refractivity contribution < 1.29 is 13.9 Å². The van der Waals surface area contributed by atoms with E-state index in [1.807, 2.05) is 12.2 Å². The molecule has 3 rings (SSSR count). The molecule has 19 heavy (non-hydrogen) atoms. The quantitative estimate of drug-likeness (QED) is 0.593. The zero-order chi connectivity index (χ0) is 13.5. The first-order chi connectivity index (χ1) is 9.13. The van der Waals surface area contributed by atoms with Crippen LogP contribution in [0.4, 0.5) is 4.39 Å². The Balaban J connectivity index is 1.95. The van der Waals surface area contributed by atoms with E-state index in [1.165, 1.54) is 17.7 Å². The number of benzene rings is 1. The average molecular weight is 259 g/mol. The molecule has 2 aliphatic rings. The summed E-state index contributed by atoms with van der Waals surface area (Å²) in [7, 11) is 0. The highest BCUT2D eigenvalue weighted by Gasteiger charge is 2.50. The SMILES string of the molecule is CC12CC=C(C=O)C=C1C[OH+]C2c1ccc(F)cc1. The van der Waals surface area contributed by atoms with Crippen LogP contribution in [0, 0.1) is 11.2 Å². The van der Waals surface area contributed by atoms with Crippen molar-refractivity contribution in [3.05, 3.63) is 58.9 Å². The molecule has 1 aliphatic heterocycles. The van der Waals surface area contributed by atoms with Crippen LogP contribution in [-0.2, 0) is 4.79 Å². The standard InChI is InChI=1S/C16H15FO2/c1-16-7-6-11(9-18)8-13(16)10-19-15(16)12-2-4-14(17)5-3-12/h2-6,8-9,15H,7,10H2,1H3/p+1. The lowest BCUT2D eigenvalue weighted by Crippen LogP contribution is -2.25. The molecule has 1 saturated heterocycles. The molecule has 2 atom stereocenters. The van der Waals surface area contributed by atoms with Crippen molar-refractivity contribution in [2.45, 2.75) is 19.4 Å². The number of aliphatic hydroxyl groups is 2. The molecule has 1 heterocycles. The van der Waals surface area contributed by atoms with Crippen molar-refractivity contribution in [1.29, 1.82) is 0 Å². The van der Waals surface area contributed by atoms with Crippen LogP contribution in [0.15, 0.2) is 47.6 Å². The summed E-state index contributed by atoms with van der Waals surface area (Å²) in [6, 6.07) is 6.56. The van der Waals surface area contributed by atoms with Crippen LogP contribution >= 0.6 is 0 Å². The van der Waals surface area contributed by atoms with E-state index in [0.717, 1.165) is 23.8 Å². The third kappa shape index (κ3) is 1.94. The third-order valence-electron chi connectivity index (χ3n) is 4.21. The molecule has 98 valence electrons. The molecule has 1 aromatic rings. The summed E-state index contributed by atoms with van der Waals surface area (Å²) in [5, 5.41) is 0. The summed E-state index contributed by atoms with van der Waals surface area (Å²) < 4.78 is 17.7. The zero-order valence-corrected chi connectivity index (χ0v) is 10.8. The Morgan fingerprint density at radius 3 is 2.79 bits per heavy atom. The number of fused-ring (bicyclic) bond motifs is 1. The second-order valence-electron chi connectivity index (χ2n) is 5.41. The molecule has 0 spiro atoms. The van der Waals surface area contributed by atoms with E-state index >= 15 is 0 Å². The number of ether oxygens (including phenoxy) is 1. The number of carbonyl (C=O) groups is 1. The molecule has 0 saturated carbocycles. The van der Waals surface area contributed by atoms with E-state index in [1.54, 1.807) is 12.1 Å². The second kappa shape index (κ2) is 4.42. The van der Waals surface area contributed by atoms with Gasteiger partial charge in [0.15, 0.2) is 12.7 Å². The highest BCUT2D eigenvalue weighted by molar-refractivity contribution is 5.78. The zero-order valence-electron chi connectivity index (χ0n) is 10.8. The monoisotopic (exact) mass is 259 g/mol. The summed E-state index contributed by atoms with van der Waals surface area (Å²) in [4.78, 5) is 10.9. The minimum absolute atomic E-state index is 0.0452. The first-order valence-corrected chi connectivity index (χ1v) is 6.42. The highest BCUT2D eigenvalue weighted by atomic mass is 19.1. The van der Waals surface area contributed by atoms with Crippen molar-refractivity contribution in [3.63, 3.8) is 0 Å². The maximum Gasteiger partial charge on any atom is 0.191 e. The van der Waals surface area contributed by atoms with Crippen LogP contribution in [0.5, 0.6) is 0 Å². The minimum atomic E-state index is -0.227. The van der Waals surface area contributed by atoms with Gasteiger partial charge in [-0.3, -0.25) is 4.79 Å². The van der Waals surface area contributed by atoms with Crippen LogP contribution in [0.2, 0.25) is 0 Å². The molecule has 1 N–H and O–H groups in total. The van der Waals surface area contributed by atoms with Gasteiger partial charge in [0.05, 0.1) is 5.41 Å². The molecule has 0 aromatic heterocycles. The molecule has 0 bridgehead atoms. The molecule has 1 fully saturated rings. The molecule has 0 amide bonds. The van der Waals surface area contributed by atoms with Gasteiger partial charge in [-0.15, -0.1) is 0 Å². The van der Waals surface area contributed by atoms with Crippen molar-refractivity contribution >= 4 is 6.29 Å². The van der Waals surface area contributed by atoms with Crippen LogP contribution in [0.25, 0.3) is 0 Å². The molecule has 1 aromatic carbocycles. The minimum Gasteiger partial charge on any atom is -0.424 e. The van der Waals surface area contributed by atoms with E-state index in [0.29, 0.717) is 6.61 Å². The Labute approximate surface area is 111 Å². The van der Waals surface area contributed by atoms with Gasteiger partial charge < -0.3 is 4.74 Å². The fraction of sp³-hybridized carbons (Fsp3) is 0.312. The van der Waals surface area contributed by atoms with Gasteiger partial charge in [-0.25, -0.2) is 4.39 Å². The van der Waals surface area contributed by atoms with Gasteiger partial charge in [-0.2, -0.15) is 0 Å². The van der Waals surface area contributed by atoms with Gasteiger partial charge in [0.2, 0.25) is 0 Å². The molecule has 0 radical (unpaired) electrons. The van der Waals surface area contributed by atoms with Gasteiger partial charge in [-0.05, 0) is 43.7 Å². The van der Waals surface area contributed by atoms with Gasteiger partial charge in [0, 0.05) is 16.7 Å². The lowest BCUT2D eigenvalue weighted by atomic mass is 9.71. The first kappa shape index (κ1) is 12.3. The molecule has 2 nitrogen and oxygen atoms in total. The summed E-state index contributed by atoms with van der Waals surface area (Å²) in [5.41, 5.74) is 2.90. The lowest BCUT2D eigenvalue weighted by molar-refractivity contribution is -0.104. The first-order valence-electron chi connectivity index (χ1n) is 6.42. The third-order valence-corrected chi connectivity index (χ3v) is 4.21. The van der Waals surface area contributed by atoms with Gasteiger partial charge >= 0.3 is 0 Å². The molecule has 2 unspecified atom stereocenters. The molecular weight excluding hydrogens is 243 g/mol. The fourth-order valence-electron chi connectivity index (χ4n) is 2.99. The number of hydrogen-bond donors (Lipinski definition) is 0. The highest BCUT2D eigenvalue weighted by Crippen LogP contribution is 2.51. The largest absolute Gasteiger partial charge is 0.424 e. The number of rotatable bonds is 2. The topological polar surface area (TPSA) is 29.9 Å². The van der Waals surface area contributed by atoms with E-state index in [4.69, 9.17) is 0 Å². The van der Waals surface area contributed by atoms with Crippen molar-refractivity contribution in [2.75, 3.05) is 6.61 Å². The van der Waals surface area contributed by atoms with Crippen molar-refractivity contribution in [3.8, 4) is 0 Å². The molecule has 3 heteroatoms. The van der Waals surface area contributed by atoms with Crippen molar-refractivity contribution in [2.24, 2.45) is 5.41 Å². The van der Waals surface area contributed by atoms with Crippen LogP contribution in [0.1, 0.15) is 25.0 Å². The van der Waals surface area contributed by atoms with Gasteiger partial charge in [0.1, 0.15) is 12.1 Å². The number of halogens is 1. The summed E-state index contributed by atoms with van der Waals surface area (Å²) in [6.45, 7) is 2.82. The van der Waals surface area contributed by atoms with Crippen LogP contribution < -0.4 is 0 Å². The lowest BCUT2D eigenvalue weighted by Gasteiger charge is -2.28. The van der Waals surface area contributed by atoms with E-state index < -0.39 is 0 Å². The van der Waals surface area contributed by atoms with Gasteiger partial charge in [0.25, 0.3) is 0 Å². The van der Waals surface area contributed by atoms with Crippen molar-refractivity contribution in [1.82, 2.24) is 0 Å². The predicted molar refractivity (Wildman–Crippen MR) is 71.2 cm³/mol.